The summed E-state index contributed by atoms with van der Waals surface area (Å²) in [7, 11) is 1.65. The number of esters is 1. The summed E-state index contributed by atoms with van der Waals surface area (Å²) in [5.41, 5.74) is -0.360. The number of rotatable bonds is 6. The molecule has 1 aromatic carbocycles. The average Bonchev–Trinajstić information content (AvgIpc) is 3.14. The third-order valence-electron chi connectivity index (χ3n) is 4.14. The van der Waals surface area contributed by atoms with E-state index in [4.69, 9.17) is 9.84 Å². The lowest BCUT2D eigenvalue weighted by atomic mass is 10.1. The quantitative estimate of drug-likeness (QED) is 0.551. The second-order valence-corrected chi connectivity index (χ2v) is 6.10. The van der Waals surface area contributed by atoms with Crippen molar-refractivity contribution in [1.82, 2.24) is 19.7 Å². The molecule has 10 nitrogen and oxygen atoms in total. The van der Waals surface area contributed by atoms with Crippen molar-refractivity contribution in [3.63, 3.8) is 0 Å². The van der Waals surface area contributed by atoms with E-state index in [0.29, 0.717) is 0 Å². The predicted octanol–water partition coefficient (Wildman–Crippen LogP) is -0.159. The molecule has 2 amide bonds. The van der Waals surface area contributed by atoms with Crippen LogP contribution in [0, 0.1) is 0 Å². The summed E-state index contributed by atoms with van der Waals surface area (Å²) in [5.74, 6) is -2.37. The van der Waals surface area contributed by atoms with Crippen LogP contribution in [0.5, 0.6) is 0 Å². The Morgan fingerprint density at radius 2 is 1.86 bits per heavy atom. The first kappa shape index (κ1) is 20.0. The van der Waals surface area contributed by atoms with Crippen LogP contribution in [0.2, 0.25) is 0 Å². The van der Waals surface area contributed by atoms with Gasteiger partial charge < -0.3 is 14.4 Å². The number of imide groups is 1. The van der Waals surface area contributed by atoms with Gasteiger partial charge in [0.25, 0.3) is 17.4 Å². The molecule has 2 heterocycles. The summed E-state index contributed by atoms with van der Waals surface area (Å²) in [6, 6.07) is 9.50. The van der Waals surface area contributed by atoms with E-state index in [0.717, 1.165) is 4.68 Å². The molecular weight excluding hydrogens is 380 g/mol. The standard InChI is InChI=1S/C19H18N4O6/c1-22-8-4-7-14(22)17(26)20-15(25)11-29-19(28)16-12-5-2-3-6-13(12)18(27)23(21-16)9-10-24/h2-8,24H,9-11H2,1H3,(H,20,25,26). The number of amides is 2. The van der Waals surface area contributed by atoms with E-state index >= 15 is 0 Å². The zero-order chi connectivity index (χ0) is 21.0. The van der Waals surface area contributed by atoms with E-state index < -0.39 is 29.9 Å². The maximum atomic E-state index is 12.5. The molecule has 10 heteroatoms. The molecule has 0 atom stereocenters. The summed E-state index contributed by atoms with van der Waals surface area (Å²) in [5, 5.41) is 15.7. The Hall–Kier alpha value is -3.79. The smallest absolute Gasteiger partial charge is 0.359 e. The van der Waals surface area contributed by atoms with Crippen molar-refractivity contribution in [2.24, 2.45) is 7.05 Å². The van der Waals surface area contributed by atoms with E-state index in [1.807, 2.05) is 0 Å². The number of ether oxygens (including phenoxy) is 1. The molecule has 2 N–H and O–H groups in total. The van der Waals surface area contributed by atoms with Crippen LogP contribution in [0.3, 0.4) is 0 Å². The second kappa shape index (κ2) is 8.48. The highest BCUT2D eigenvalue weighted by Gasteiger charge is 2.20. The Labute approximate surface area is 164 Å². The molecular formula is C19H18N4O6. The van der Waals surface area contributed by atoms with Crippen molar-refractivity contribution in [3.8, 4) is 0 Å². The van der Waals surface area contributed by atoms with Gasteiger partial charge in [-0.1, -0.05) is 18.2 Å². The topological polar surface area (TPSA) is 133 Å². The van der Waals surface area contributed by atoms with E-state index in [1.54, 1.807) is 31.4 Å². The highest BCUT2D eigenvalue weighted by molar-refractivity contribution is 6.06. The fraction of sp³-hybridized carbons (Fsp3) is 0.211. The zero-order valence-corrected chi connectivity index (χ0v) is 15.5. The molecule has 0 aliphatic rings. The number of aliphatic hydroxyl groups excluding tert-OH is 1. The highest BCUT2D eigenvalue weighted by Crippen LogP contribution is 2.14. The Bertz CT molecular complexity index is 1150. The van der Waals surface area contributed by atoms with Crippen LogP contribution in [0.25, 0.3) is 10.8 Å². The zero-order valence-electron chi connectivity index (χ0n) is 15.5. The minimum atomic E-state index is -0.936. The molecule has 29 heavy (non-hydrogen) atoms. The van der Waals surface area contributed by atoms with E-state index in [2.05, 4.69) is 10.4 Å². The molecule has 3 aromatic rings. The lowest BCUT2D eigenvalue weighted by molar-refractivity contribution is -0.123. The van der Waals surface area contributed by atoms with Gasteiger partial charge in [-0.25, -0.2) is 9.48 Å². The average molecular weight is 398 g/mol. The van der Waals surface area contributed by atoms with Gasteiger partial charge in [-0.3, -0.25) is 19.7 Å². The van der Waals surface area contributed by atoms with Gasteiger partial charge in [0.15, 0.2) is 12.3 Å². The number of hydrogen-bond acceptors (Lipinski definition) is 7. The third-order valence-corrected chi connectivity index (χ3v) is 4.14. The molecule has 3 rings (SSSR count). The molecule has 0 bridgehead atoms. The van der Waals surface area contributed by atoms with Gasteiger partial charge in [0.05, 0.1) is 18.5 Å². The number of fused-ring (bicyclic) bond motifs is 1. The Morgan fingerprint density at radius 3 is 2.52 bits per heavy atom. The van der Waals surface area contributed by atoms with E-state index in [9.17, 15) is 19.2 Å². The maximum absolute atomic E-state index is 12.5. The van der Waals surface area contributed by atoms with Crippen LogP contribution in [-0.4, -0.2) is 50.5 Å². The van der Waals surface area contributed by atoms with Crippen molar-refractivity contribution in [2.45, 2.75) is 6.54 Å². The van der Waals surface area contributed by atoms with Crippen LogP contribution in [0.15, 0.2) is 47.4 Å². The van der Waals surface area contributed by atoms with Crippen molar-refractivity contribution in [1.29, 1.82) is 0 Å². The molecule has 0 aliphatic heterocycles. The Morgan fingerprint density at radius 1 is 1.14 bits per heavy atom. The Kier molecular flexibility index (Phi) is 5.84. The first-order valence-electron chi connectivity index (χ1n) is 8.65. The molecule has 0 aliphatic carbocycles. The summed E-state index contributed by atoms with van der Waals surface area (Å²) in [6.45, 7) is -1.15. The molecule has 0 saturated carbocycles. The Balaban J connectivity index is 1.75. The number of nitrogens with zero attached hydrogens (tertiary/aromatic N) is 3. The van der Waals surface area contributed by atoms with E-state index in [-0.39, 0.29) is 35.3 Å². The van der Waals surface area contributed by atoms with Crippen molar-refractivity contribution < 1.29 is 24.2 Å². The fourth-order valence-electron chi connectivity index (χ4n) is 2.76. The van der Waals surface area contributed by atoms with E-state index in [1.165, 1.54) is 22.8 Å². The number of aromatic nitrogens is 3. The van der Waals surface area contributed by atoms with Crippen LogP contribution in [0.4, 0.5) is 0 Å². The number of carbonyl (C=O) groups is 3. The highest BCUT2D eigenvalue weighted by atomic mass is 16.5. The summed E-state index contributed by atoms with van der Waals surface area (Å²) < 4.78 is 7.46. The molecule has 0 radical (unpaired) electrons. The largest absolute Gasteiger partial charge is 0.451 e. The summed E-state index contributed by atoms with van der Waals surface area (Å²) in [6.07, 6.45) is 1.65. The monoisotopic (exact) mass is 398 g/mol. The van der Waals surface area contributed by atoms with Crippen molar-refractivity contribution in [3.05, 3.63) is 64.3 Å². The van der Waals surface area contributed by atoms with Gasteiger partial charge in [0.2, 0.25) is 0 Å². The first-order valence-corrected chi connectivity index (χ1v) is 8.65. The van der Waals surface area contributed by atoms with Crippen LogP contribution in [-0.2, 0) is 23.1 Å². The normalized spacial score (nSPS) is 10.7. The molecule has 0 unspecified atom stereocenters. The second-order valence-electron chi connectivity index (χ2n) is 6.10. The predicted molar refractivity (Wildman–Crippen MR) is 101 cm³/mol. The van der Waals surface area contributed by atoms with Gasteiger partial charge in [0, 0.05) is 18.6 Å². The molecule has 0 saturated heterocycles. The van der Waals surface area contributed by atoms with Gasteiger partial charge in [-0.2, -0.15) is 5.10 Å². The number of aryl methyl sites for hydroxylation is 1. The minimum absolute atomic E-state index is 0.102. The van der Waals surface area contributed by atoms with Crippen LogP contribution < -0.4 is 10.9 Å². The lowest BCUT2D eigenvalue weighted by Gasteiger charge is -2.10. The molecule has 2 aromatic heterocycles. The SMILES string of the molecule is Cn1cccc1C(=O)NC(=O)COC(=O)c1nn(CCO)c(=O)c2ccccc12. The van der Waals surface area contributed by atoms with Crippen LogP contribution in [0.1, 0.15) is 21.0 Å². The third kappa shape index (κ3) is 4.22. The fourth-order valence-corrected chi connectivity index (χ4v) is 2.76. The number of carbonyl (C=O) groups excluding carboxylic acids is 3. The summed E-state index contributed by atoms with van der Waals surface area (Å²) in [4.78, 5) is 48.8. The number of benzene rings is 1. The van der Waals surface area contributed by atoms with Crippen LogP contribution >= 0.6 is 0 Å². The van der Waals surface area contributed by atoms with Gasteiger partial charge in [-0.05, 0) is 18.2 Å². The number of aliphatic hydroxyl groups is 1. The number of hydrogen-bond donors (Lipinski definition) is 2. The minimum Gasteiger partial charge on any atom is -0.451 e. The van der Waals surface area contributed by atoms with Crippen molar-refractivity contribution in [2.75, 3.05) is 13.2 Å². The number of nitrogens with one attached hydrogen (secondary N) is 1. The molecule has 0 spiro atoms. The lowest BCUT2D eigenvalue weighted by Crippen LogP contribution is -2.35. The first-order chi connectivity index (χ1) is 13.9. The van der Waals surface area contributed by atoms with Crippen molar-refractivity contribution >= 4 is 28.6 Å². The maximum Gasteiger partial charge on any atom is 0.359 e. The van der Waals surface area contributed by atoms with Gasteiger partial charge in [-0.15, -0.1) is 0 Å². The van der Waals surface area contributed by atoms with Gasteiger partial charge >= 0.3 is 5.97 Å². The molecule has 150 valence electrons. The summed E-state index contributed by atoms with van der Waals surface area (Å²) >= 11 is 0. The van der Waals surface area contributed by atoms with Gasteiger partial charge in [0.1, 0.15) is 5.69 Å². The molecule has 0 fully saturated rings.